The van der Waals surface area contributed by atoms with E-state index in [4.69, 9.17) is 0 Å². The monoisotopic (exact) mass is 374 g/mol. The molecule has 1 aliphatic carbocycles. The van der Waals surface area contributed by atoms with Crippen LogP contribution in [0.1, 0.15) is 34.3 Å². The van der Waals surface area contributed by atoms with Gasteiger partial charge in [-0.3, -0.25) is 9.82 Å². The molecule has 0 unspecified atom stereocenters. The van der Waals surface area contributed by atoms with Crippen molar-refractivity contribution in [2.24, 2.45) is 0 Å². The molecule has 2 aromatic heterocycles. The molecular weight excluding hydrogens is 356 g/mol. The maximum atomic E-state index is 12.8. The zero-order chi connectivity index (χ0) is 17.6. The Morgan fingerprint density at radius 2 is 2.00 bits per heavy atom. The van der Waals surface area contributed by atoms with E-state index in [1.165, 1.54) is 11.3 Å². The van der Waals surface area contributed by atoms with Crippen molar-refractivity contribution in [2.75, 3.05) is 4.72 Å². The molecule has 8 heteroatoms. The van der Waals surface area contributed by atoms with Gasteiger partial charge < -0.3 is 0 Å². The minimum Gasteiger partial charge on any atom is -0.279 e. The molecule has 2 N–H and O–H groups in total. The molecule has 0 saturated heterocycles. The van der Waals surface area contributed by atoms with Gasteiger partial charge in [-0.2, -0.15) is 5.10 Å². The fourth-order valence-corrected chi connectivity index (χ4v) is 5.41. The third-order valence-electron chi connectivity index (χ3n) is 4.16. The number of anilines is 1. The van der Waals surface area contributed by atoms with Crippen LogP contribution in [0.5, 0.6) is 0 Å². The number of rotatable bonds is 5. The molecule has 4 rings (SSSR count). The largest absolute Gasteiger partial charge is 0.279 e. The van der Waals surface area contributed by atoms with E-state index in [2.05, 4.69) is 19.9 Å². The Hall–Kier alpha value is -2.19. The lowest BCUT2D eigenvalue weighted by Gasteiger charge is -2.10. The molecule has 0 aliphatic heterocycles. The Kier molecular flexibility index (Phi) is 3.88. The summed E-state index contributed by atoms with van der Waals surface area (Å²) in [7, 11) is -3.66. The summed E-state index contributed by atoms with van der Waals surface area (Å²) >= 11 is 1.47. The highest BCUT2D eigenvalue weighted by molar-refractivity contribution is 7.93. The predicted molar refractivity (Wildman–Crippen MR) is 98.4 cm³/mol. The molecule has 3 aromatic rings. The topological polar surface area (TPSA) is 87.7 Å². The van der Waals surface area contributed by atoms with Crippen molar-refractivity contribution >= 4 is 27.0 Å². The number of thiophene rings is 1. The lowest BCUT2D eigenvalue weighted by Crippen LogP contribution is -2.14. The third-order valence-corrected chi connectivity index (χ3v) is 6.75. The quantitative estimate of drug-likeness (QED) is 0.710. The first-order valence-electron chi connectivity index (χ1n) is 8.05. The number of aromatic amines is 1. The van der Waals surface area contributed by atoms with Crippen LogP contribution >= 0.6 is 11.3 Å². The summed E-state index contributed by atoms with van der Waals surface area (Å²) in [6, 6.07) is 8.89. The zero-order valence-corrected chi connectivity index (χ0v) is 15.5. The summed E-state index contributed by atoms with van der Waals surface area (Å²) in [6.07, 6.45) is 2.25. The molecular formula is C17H18N4O2S2. The summed E-state index contributed by atoms with van der Waals surface area (Å²) in [5, 5.41) is 7.23. The summed E-state index contributed by atoms with van der Waals surface area (Å²) in [6.45, 7) is 3.72. The number of nitrogens with one attached hydrogen (secondary N) is 2. The molecule has 0 amide bonds. The number of nitrogens with zero attached hydrogens (tertiary/aromatic N) is 2. The average molecular weight is 374 g/mol. The fourth-order valence-electron chi connectivity index (χ4n) is 2.78. The number of para-hydroxylation sites is 1. The molecule has 25 heavy (non-hydrogen) atoms. The standard InChI is InChI=1S/C17H18N4O2S2/c1-10-9-15(11(2)24-10)25(22,23)21-14-6-4-3-5-13(14)17-18-16(19-20-17)12-7-8-12/h3-6,9,12,21H,7-8H2,1-2H3,(H,18,19,20). The smallest absolute Gasteiger partial charge is 0.263 e. The minimum absolute atomic E-state index is 0.318. The molecule has 0 spiro atoms. The first kappa shape index (κ1) is 16.3. The van der Waals surface area contributed by atoms with E-state index in [1.54, 1.807) is 18.2 Å². The molecule has 1 aliphatic rings. The van der Waals surface area contributed by atoms with E-state index >= 15 is 0 Å². The van der Waals surface area contributed by atoms with Gasteiger partial charge in [0.25, 0.3) is 10.0 Å². The van der Waals surface area contributed by atoms with Gasteiger partial charge in [-0.1, -0.05) is 12.1 Å². The van der Waals surface area contributed by atoms with Crippen LogP contribution in [0.2, 0.25) is 0 Å². The maximum Gasteiger partial charge on any atom is 0.263 e. The van der Waals surface area contributed by atoms with E-state index in [0.29, 0.717) is 27.9 Å². The van der Waals surface area contributed by atoms with Crippen molar-refractivity contribution in [3.63, 3.8) is 0 Å². The van der Waals surface area contributed by atoms with Crippen LogP contribution in [0.25, 0.3) is 11.4 Å². The SMILES string of the molecule is Cc1cc(S(=O)(=O)Nc2ccccc2-c2n[nH]c(C3CC3)n2)c(C)s1. The Labute approximate surface area is 150 Å². The lowest BCUT2D eigenvalue weighted by molar-refractivity contribution is 0.601. The number of hydrogen-bond acceptors (Lipinski definition) is 5. The second-order valence-electron chi connectivity index (χ2n) is 6.25. The molecule has 0 radical (unpaired) electrons. The van der Waals surface area contributed by atoms with E-state index in [0.717, 1.165) is 28.4 Å². The second-order valence-corrected chi connectivity index (χ2v) is 9.36. The minimum atomic E-state index is -3.66. The third kappa shape index (κ3) is 3.19. The zero-order valence-electron chi connectivity index (χ0n) is 13.9. The van der Waals surface area contributed by atoms with Crippen LogP contribution in [0, 0.1) is 13.8 Å². The Bertz CT molecular complexity index is 1030. The average Bonchev–Trinajstić information content (AvgIpc) is 3.19. The molecule has 6 nitrogen and oxygen atoms in total. The first-order valence-corrected chi connectivity index (χ1v) is 10.4. The molecule has 1 aromatic carbocycles. The molecule has 2 heterocycles. The van der Waals surface area contributed by atoms with Gasteiger partial charge in [0.05, 0.1) is 5.69 Å². The highest BCUT2D eigenvalue weighted by Crippen LogP contribution is 2.39. The predicted octanol–water partition coefficient (Wildman–Crippen LogP) is 3.83. The van der Waals surface area contributed by atoms with Gasteiger partial charge >= 0.3 is 0 Å². The Morgan fingerprint density at radius 1 is 1.24 bits per heavy atom. The van der Waals surface area contributed by atoms with Gasteiger partial charge in [0.2, 0.25) is 0 Å². The summed E-state index contributed by atoms with van der Waals surface area (Å²) in [5.41, 5.74) is 1.14. The number of aromatic nitrogens is 3. The van der Waals surface area contributed by atoms with Crippen LogP contribution in [0.15, 0.2) is 35.2 Å². The van der Waals surface area contributed by atoms with Crippen LogP contribution in [0.3, 0.4) is 0 Å². The summed E-state index contributed by atoms with van der Waals surface area (Å²) in [4.78, 5) is 6.59. The molecule has 0 bridgehead atoms. The van der Waals surface area contributed by atoms with Gasteiger partial charge in [0.15, 0.2) is 5.82 Å². The van der Waals surface area contributed by atoms with Gasteiger partial charge in [-0.25, -0.2) is 13.4 Å². The molecule has 1 fully saturated rings. The highest BCUT2D eigenvalue weighted by Gasteiger charge is 2.28. The molecule has 130 valence electrons. The van der Waals surface area contributed by atoms with Crippen LogP contribution in [0.4, 0.5) is 5.69 Å². The van der Waals surface area contributed by atoms with Crippen molar-refractivity contribution in [1.82, 2.24) is 15.2 Å². The van der Waals surface area contributed by atoms with E-state index < -0.39 is 10.0 Å². The fraction of sp³-hybridized carbons (Fsp3) is 0.294. The van der Waals surface area contributed by atoms with Crippen molar-refractivity contribution in [3.8, 4) is 11.4 Å². The maximum absolute atomic E-state index is 12.8. The molecule has 1 saturated carbocycles. The van der Waals surface area contributed by atoms with Crippen LogP contribution < -0.4 is 4.72 Å². The van der Waals surface area contributed by atoms with Gasteiger partial charge in [-0.05, 0) is 44.9 Å². The van der Waals surface area contributed by atoms with Gasteiger partial charge in [-0.15, -0.1) is 11.3 Å². The summed E-state index contributed by atoms with van der Waals surface area (Å²) in [5.74, 6) is 1.84. The van der Waals surface area contributed by atoms with Crippen LogP contribution in [-0.4, -0.2) is 23.6 Å². The second kappa shape index (κ2) is 5.96. The number of aryl methyl sites for hydroxylation is 2. The van der Waals surface area contributed by atoms with Gasteiger partial charge in [0.1, 0.15) is 10.7 Å². The van der Waals surface area contributed by atoms with E-state index in [9.17, 15) is 8.42 Å². The van der Waals surface area contributed by atoms with Gasteiger partial charge in [0, 0.05) is 21.2 Å². The Balaban J connectivity index is 1.70. The number of sulfonamides is 1. The number of H-pyrrole nitrogens is 1. The van der Waals surface area contributed by atoms with Crippen LogP contribution in [-0.2, 0) is 10.0 Å². The number of hydrogen-bond donors (Lipinski definition) is 2. The first-order chi connectivity index (χ1) is 11.9. The Morgan fingerprint density at radius 3 is 2.68 bits per heavy atom. The van der Waals surface area contributed by atoms with Crippen molar-refractivity contribution in [1.29, 1.82) is 0 Å². The lowest BCUT2D eigenvalue weighted by atomic mass is 10.2. The number of benzene rings is 1. The van der Waals surface area contributed by atoms with Crippen molar-refractivity contribution in [3.05, 3.63) is 45.9 Å². The van der Waals surface area contributed by atoms with Crippen molar-refractivity contribution in [2.45, 2.75) is 37.5 Å². The summed E-state index contributed by atoms with van der Waals surface area (Å²) < 4.78 is 28.3. The van der Waals surface area contributed by atoms with Crippen molar-refractivity contribution < 1.29 is 8.42 Å². The normalized spacial score (nSPS) is 14.6. The highest BCUT2D eigenvalue weighted by atomic mass is 32.2. The van der Waals surface area contributed by atoms with E-state index in [1.807, 2.05) is 26.0 Å². The van der Waals surface area contributed by atoms with E-state index in [-0.39, 0.29) is 0 Å². The molecule has 0 atom stereocenters.